The van der Waals surface area contributed by atoms with E-state index in [1.807, 2.05) is 36.7 Å². The zero-order chi connectivity index (χ0) is 19.1. The van der Waals surface area contributed by atoms with Gasteiger partial charge in [-0.25, -0.2) is 4.79 Å². The summed E-state index contributed by atoms with van der Waals surface area (Å²) in [6.07, 6.45) is 0.816. The molecule has 0 atom stereocenters. The molecule has 0 aliphatic carbocycles. The first-order valence-electron chi connectivity index (χ1n) is 8.70. The van der Waals surface area contributed by atoms with Crippen LogP contribution in [0.5, 0.6) is 0 Å². The van der Waals surface area contributed by atoms with Crippen molar-refractivity contribution in [2.24, 2.45) is 0 Å². The molecule has 1 aromatic carbocycles. The highest BCUT2D eigenvalue weighted by Crippen LogP contribution is 2.06. The predicted molar refractivity (Wildman–Crippen MR) is 101 cm³/mol. The number of carbonyl (C=O) groups excluding carboxylic acids is 2. The molecule has 0 unspecified atom stereocenters. The third-order valence-electron chi connectivity index (χ3n) is 4.00. The Kier molecular flexibility index (Phi) is 6.77. The second kappa shape index (κ2) is 9.03. The van der Waals surface area contributed by atoms with E-state index in [-0.39, 0.29) is 11.9 Å². The summed E-state index contributed by atoms with van der Waals surface area (Å²) in [5.74, 6) is -0.0372. The van der Waals surface area contributed by atoms with E-state index < -0.39 is 0 Å². The fraction of sp³-hybridized carbons (Fsp3) is 0.421. The summed E-state index contributed by atoms with van der Waals surface area (Å²) in [5, 5.41) is 10.1. The molecule has 7 nitrogen and oxygen atoms in total. The van der Waals surface area contributed by atoms with Gasteiger partial charge in [-0.05, 0) is 44.0 Å². The standard InChI is InChI=1S/C19H27N5O2/c1-14-12-15(2)24(22-14)11-5-10-20-19(26)21-13-16-6-8-17(9-7-16)18(25)23(3)4/h6-9,12H,5,10-11,13H2,1-4H3,(H2,20,21,26). The van der Waals surface area contributed by atoms with E-state index in [9.17, 15) is 9.59 Å². The van der Waals surface area contributed by atoms with Crippen LogP contribution in [0.3, 0.4) is 0 Å². The molecule has 3 amide bonds. The summed E-state index contributed by atoms with van der Waals surface area (Å²) in [6, 6.07) is 9.07. The Hall–Kier alpha value is -2.83. The van der Waals surface area contributed by atoms with Crippen LogP contribution in [0.15, 0.2) is 30.3 Å². The minimum absolute atomic E-state index is 0.0372. The molecule has 1 aromatic heterocycles. The number of hydrogen-bond donors (Lipinski definition) is 2. The smallest absolute Gasteiger partial charge is 0.315 e. The lowest BCUT2D eigenvalue weighted by molar-refractivity contribution is 0.0827. The Balaban J connectivity index is 1.68. The second-order valence-corrected chi connectivity index (χ2v) is 6.51. The van der Waals surface area contributed by atoms with E-state index in [4.69, 9.17) is 0 Å². The number of nitrogens with zero attached hydrogens (tertiary/aromatic N) is 3. The van der Waals surface area contributed by atoms with Crippen LogP contribution in [0.4, 0.5) is 4.79 Å². The number of urea groups is 1. The minimum atomic E-state index is -0.202. The van der Waals surface area contributed by atoms with Crippen LogP contribution in [0.2, 0.25) is 0 Å². The first-order chi connectivity index (χ1) is 12.4. The molecular formula is C19H27N5O2. The molecule has 0 fully saturated rings. The van der Waals surface area contributed by atoms with E-state index in [2.05, 4.69) is 15.7 Å². The van der Waals surface area contributed by atoms with Crippen molar-refractivity contribution in [3.8, 4) is 0 Å². The van der Waals surface area contributed by atoms with Crippen molar-refractivity contribution < 1.29 is 9.59 Å². The molecule has 0 aliphatic heterocycles. The van der Waals surface area contributed by atoms with Gasteiger partial charge in [0.15, 0.2) is 0 Å². The Bertz CT molecular complexity index is 750. The lowest BCUT2D eigenvalue weighted by Crippen LogP contribution is -2.35. The van der Waals surface area contributed by atoms with Gasteiger partial charge in [-0.15, -0.1) is 0 Å². The van der Waals surface area contributed by atoms with Gasteiger partial charge in [0.2, 0.25) is 0 Å². The zero-order valence-corrected chi connectivity index (χ0v) is 15.9. The van der Waals surface area contributed by atoms with Crippen molar-refractivity contribution in [3.63, 3.8) is 0 Å². The maximum atomic E-state index is 11.9. The topological polar surface area (TPSA) is 79.3 Å². The maximum absolute atomic E-state index is 11.9. The SMILES string of the molecule is Cc1cc(C)n(CCCNC(=O)NCc2ccc(C(=O)N(C)C)cc2)n1. The van der Waals surface area contributed by atoms with E-state index in [1.54, 1.807) is 26.2 Å². The van der Waals surface area contributed by atoms with Gasteiger partial charge in [0, 0.05) is 45.0 Å². The first kappa shape index (κ1) is 19.5. The highest BCUT2D eigenvalue weighted by Gasteiger charge is 2.07. The number of nitrogens with one attached hydrogen (secondary N) is 2. The van der Waals surface area contributed by atoms with Crippen molar-refractivity contribution >= 4 is 11.9 Å². The Morgan fingerprint density at radius 2 is 1.81 bits per heavy atom. The zero-order valence-electron chi connectivity index (χ0n) is 15.9. The third-order valence-corrected chi connectivity index (χ3v) is 4.00. The number of benzene rings is 1. The predicted octanol–water partition coefficient (Wildman–Crippen LogP) is 2.09. The number of carbonyl (C=O) groups is 2. The van der Waals surface area contributed by atoms with E-state index in [1.165, 1.54) is 4.90 Å². The quantitative estimate of drug-likeness (QED) is 0.745. The van der Waals surface area contributed by atoms with Crippen LogP contribution in [-0.4, -0.2) is 47.3 Å². The average Bonchev–Trinajstić information content (AvgIpc) is 2.94. The largest absolute Gasteiger partial charge is 0.345 e. The summed E-state index contributed by atoms with van der Waals surface area (Å²) < 4.78 is 1.95. The lowest BCUT2D eigenvalue weighted by atomic mass is 10.1. The van der Waals surface area contributed by atoms with Crippen LogP contribution in [-0.2, 0) is 13.1 Å². The number of aromatic nitrogens is 2. The Morgan fingerprint density at radius 3 is 2.38 bits per heavy atom. The van der Waals surface area contributed by atoms with Crippen molar-refractivity contribution in [3.05, 3.63) is 52.8 Å². The molecule has 0 spiro atoms. The van der Waals surface area contributed by atoms with Gasteiger partial charge in [0.1, 0.15) is 0 Å². The van der Waals surface area contributed by atoms with Gasteiger partial charge >= 0.3 is 6.03 Å². The summed E-state index contributed by atoms with van der Waals surface area (Å²) in [5.41, 5.74) is 3.71. The second-order valence-electron chi connectivity index (χ2n) is 6.51. The molecule has 140 valence electrons. The van der Waals surface area contributed by atoms with Gasteiger partial charge in [0.25, 0.3) is 5.91 Å². The van der Waals surface area contributed by atoms with Crippen LogP contribution >= 0.6 is 0 Å². The van der Waals surface area contributed by atoms with Gasteiger partial charge in [-0.2, -0.15) is 5.10 Å². The molecule has 2 N–H and O–H groups in total. The number of amides is 3. The van der Waals surface area contributed by atoms with Gasteiger partial charge < -0.3 is 15.5 Å². The first-order valence-corrected chi connectivity index (χ1v) is 8.70. The van der Waals surface area contributed by atoms with Crippen LogP contribution in [0, 0.1) is 13.8 Å². The summed E-state index contributed by atoms with van der Waals surface area (Å²) in [4.78, 5) is 25.2. The van der Waals surface area contributed by atoms with Crippen LogP contribution in [0.25, 0.3) is 0 Å². The van der Waals surface area contributed by atoms with E-state index in [0.29, 0.717) is 18.7 Å². The molecule has 26 heavy (non-hydrogen) atoms. The van der Waals surface area contributed by atoms with E-state index >= 15 is 0 Å². The Labute approximate surface area is 154 Å². The lowest BCUT2D eigenvalue weighted by Gasteiger charge is -2.11. The number of aryl methyl sites for hydroxylation is 3. The maximum Gasteiger partial charge on any atom is 0.315 e. The summed E-state index contributed by atoms with van der Waals surface area (Å²) in [7, 11) is 3.44. The highest BCUT2D eigenvalue weighted by molar-refractivity contribution is 5.93. The van der Waals surface area contributed by atoms with Gasteiger partial charge in [-0.1, -0.05) is 12.1 Å². The molecule has 0 bridgehead atoms. The van der Waals surface area contributed by atoms with E-state index in [0.717, 1.165) is 29.9 Å². The average molecular weight is 357 g/mol. The number of rotatable bonds is 7. The third kappa shape index (κ3) is 5.61. The fourth-order valence-electron chi connectivity index (χ4n) is 2.60. The molecule has 1 heterocycles. The molecule has 2 rings (SSSR count). The number of hydrogen-bond acceptors (Lipinski definition) is 3. The van der Waals surface area contributed by atoms with Crippen LogP contribution in [0.1, 0.15) is 33.7 Å². The van der Waals surface area contributed by atoms with Crippen LogP contribution < -0.4 is 10.6 Å². The fourth-order valence-corrected chi connectivity index (χ4v) is 2.60. The van der Waals surface area contributed by atoms with Crippen molar-refractivity contribution in [2.45, 2.75) is 33.4 Å². The summed E-state index contributed by atoms with van der Waals surface area (Å²) in [6.45, 7) is 5.77. The molecule has 0 aliphatic rings. The molecular weight excluding hydrogens is 330 g/mol. The normalized spacial score (nSPS) is 10.5. The van der Waals surface area contributed by atoms with Crippen molar-refractivity contribution in [1.29, 1.82) is 0 Å². The highest BCUT2D eigenvalue weighted by atomic mass is 16.2. The monoisotopic (exact) mass is 357 g/mol. The molecule has 0 saturated heterocycles. The minimum Gasteiger partial charge on any atom is -0.345 e. The van der Waals surface area contributed by atoms with Crippen molar-refractivity contribution in [2.75, 3.05) is 20.6 Å². The summed E-state index contributed by atoms with van der Waals surface area (Å²) >= 11 is 0. The van der Waals surface area contributed by atoms with Gasteiger partial charge in [0.05, 0.1) is 5.69 Å². The molecule has 0 radical (unpaired) electrons. The molecule has 2 aromatic rings. The van der Waals surface area contributed by atoms with Gasteiger partial charge in [-0.3, -0.25) is 9.48 Å². The molecule has 0 saturated carbocycles. The molecule has 7 heteroatoms. The Morgan fingerprint density at radius 1 is 1.12 bits per heavy atom. The van der Waals surface area contributed by atoms with Crippen molar-refractivity contribution in [1.82, 2.24) is 25.3 Å².